The second-order valence-corrected chi connectivity index (χ2v) is 5.38. The van der Waals surface area contributed by atoms with Crippen LogP contribution in [0.2, 0.25) is 0 Å². The minimum Gasteiger partial charge on any atom is -0.391 e. The van der Waals surface area contributed by atoms with Gasteiger partial charge >= 0.3 is 18.0 Å². The molecule has 0 bridgehead atoms. The first-order valence-electron chi connectivity index (χ1n) is 7.65. The predicted octanol–water partition coefficient (Wildman–Crippen LogP) is 2.40. The van der Waals surface area contributed by atoms with Gasteiger partial charge in [0, 0.05) is 18.7 Å². The Morgan fingerprint density at radius 1 is 1.21 bits per heavy atom. The van der Waals surface area contributed by atoms with E-state index in [-0.39, 0.29) is 18.7 Å². The Morgan fingerprint density at radius 3 is 2.50 bits per heavy atom. The van der Waals surface area contributed by atoms with Crippen molar-refractivity contribution in [3.05, 3.63) is 29.8 Å². The molecule has 1 unspecified atom stereocenters. The fourth-order valence-corrected chi connectivity index (χ4v) is 2.04. The summed E-state index contributed by atoms with van der Waals surface area (Å²) in [6, 6.07) is 6.01. The van der Waals surface area contributed by atoms with Crippen LogP contribution in [0.4, 0.5) is 18.9 Å². The first-order valence-corrected chi connectivity index (χ1v) is 7.65. The van der Waals surface area contributed by atoms with Gasteiger partial charge in [-0.05, 0) is 24.5 Å². The highest BCUT2D eigenvalue weighted by molar-refractivity contribution is 6.39. The zero-order valence-electron chi connectivity index (χ0n) is 13.3. The maximum atomic E-state index is 12.3. The topological polar surface area (TPSA) is 78.4 Å². The summed E-state index contributed by atoms with van der Waals surface area (Å²) in [5.74, 6) is -1.94. The number of carbonyl (C=O) groups excluding carboxylic acids is 2. The van der Waals surface area contributed by atoms with Crippen LogP contribution in [0.25, 0.3) is 0 Å². The first kappa shape index (κ1) is 20.0. The molecular weight excluding hydrogens is 325 g/mol. The van der Waals surface area contributed by atoms with Gasteiger partial charge in [-0.3, -0.25) is 9.59 Å². The van der Waals surface area contributed by atoms with Crippen molar-refractivity contribution in [2.75, 3.05) is 11.9 Å². The predicted molar refractivity (Wildman–Crippen MR) is 83.4 cm³/mol. The number of amides is 2. The van der Waals surface area contributed by atoms with Gasteiger partial charge in [-0.15, -0.1) is 0 Å². The van der Waals surface area contributed by atoms with Crippen LogP contribution in [-0.2, 0) is 16.0 Å². The first-order chi connectivity index (χ1) is 11.2. The molecule has 0 aliphatic carbocycles. The molecule has 1 atom stereocenters. The van der Waals surface area contributed by atoms with Gasteiger partial charge in [-0.1, -0.05) is 31.5 Å². The van der Waals surface area contributed by atoms with Gasteiger partial charge in [0.25, 0.3) is 0 Å². The molecule has 1 aromatic carbocycles. The van der Waals surface area contributed by atoms with E-state index < -0.39 is 30.5 Å². The summed E-state index contributed by atoms with van der Waals surface area (Å²) in [7, 11) is 0. The highest BCUT2D eigenvalue weighted by Crippen LogP contribution is 2.25. The molecule has 1 rings (SSSR count). The number of nitrogens with one attached hydrogen (secondary N) is 2. The van der Waals surface area contributed by atoms with Gasteiger partial charge in [0.15, 0.2) is 0 Å². The normalized spacial score (nSPS) is 12.5. The molecule has 0 radical (unpaired) electrons. The zero-order valence-corrected chi connectivity index (χ0v) is 13.3. The van der Waals surface area contributed by atoms with E-state index in [1.807, 2.05) is 6.92 Å². The van der Waals surface area contributed by atoms with Gasteiger partial charge in [0.2, 0.25) is 0 Å². The molecule has 5 nitrogen and oxygen atoms in total. The van der Waals surface area contributed by atoms with Crippen LogP contribution in [0, 0.1) is 0 Å². The molecule has 0 aliphatic heterocycles. The Morgan fingerprint density at radius 2 is 1.88 bits per heavy atom. The van der Waals surface area contributed by atoms with Crippen molar-refractivity contribution >= 4 is 17.5 Å². The van der Waals surface area contributed by atoms with Crippen molar-refractivity contribution in [2.45, 2.75) is 44.9 Å². The SMILES string of the molecule is CCCC(O)CNC(=O)C(=O)Nc1ccccc1CCC(F)(F)F. The van der Waals surface area contributed by atoms with Gasteiger partial charge < -0.3 is 15.7 Å². The van der Waals surface area contributed by atoms with E-state index in [1.54, 1.807) is 12.1 Å². The highest BCUT2D eigenvalue weighted by atomic mass is 19.4. The van der Waals surface area contributed by atoms with Crippen LogP contribution >= 0.6 is 0 Å². The van der Waals surface area contributed by atoms with E-state index in [1.165, 1.54) is 12.1 Å². The molecule has 0 heterocycles. The lowest BCUT2D eigenvalue weighted by atomic mass is 10.1. The summed E-state index contributed by atoms with van der Waals surface area (Å²) in [5.41, 5.74) is 0.456. The van der Waals surface area contributed by atoms with Crippen molar-refractivity contribution in [1.29, 1.82) is 0 Å². The molecule has 0 saturated carbocycles. The molecule has 0 aromatic heterocycles. The number of halogens is 3. The smallest absolute Gasteiger partial charge is 0.389 e. The summed E-state index contributed by atoms with van der Waals surface area (Å²) >= 11 is 0. The summed E-state index contributed by atoms with van der Waals surface area (Å²) in [6.45, 7) is 1.81. The van der Waals surface area contributed by atoms with E-state index in [0.717, 1.165) is 6.42 Å². The number of aliphatic hydroxyl groups is 1. The molecule has 8 heteroatoms. The maximum Gasteiger partial charge on any atom is 0.389 e. The monoisotopic (exact) mass is 346 g/mol. The second kappa shape index (κ2) is 9.27. The third-order valence-electron chi connectivity index (χ3n) is 3.27. The number of carbonyl (C=O) groups is 2. The molecule has 0 saturated heterocycles. The molecule has 2 amide bonds. The van der Waals surface area contributed by atoms with Crippen LogP contribution in [0.5, 0.6) is 0 Å². The fraction of sp³-hybridized carbons (Fsp3) is 0.500. The van der Waals surface area contributed by atoms with Gasteiger partial charge in [-0.25, -0.2) is 0 Å². The van der Waals surface area contributed by atoms with Crippen molar-refractivity contribution in [2.24, 2.45) is 0 Å². The van der Waals surface area contributed by atoms with Gasteiger partial charge in [-0.2, -0.15) is 13.2 Å². The largest absolute Gasteiger partial charge is 0.391 e. The van der Waals surface area contributed by atoms with E-state index >= 15 is 0 Å². The lowest BCUT2D eigenvalue weighted by Gasteiger charge is -2.13. The molecule has 134 valence electrons. The number of para-hydroxylation sites is 1. The number of benzene rings is 1. The zero-order chi connectivity index (χ0) is 18.2. The molecular formula is C16H21F3N2O3. The second-order valence-electron chi connectivity index (χ2n) is 5.38. The number of aliphatic hydroxyl groups excluding tert-OH is 1. The molecule has 0 fully saturated rings. The lowest BCUT2D eigenvalue weighted by Crippen LogP contribution is -2.39. The van der Waals surface area contributed by atoms with Crippen LogP contribution in [0.1, 0.15) is 31.7 Å². The van der Waals surface area contributed by atoms with Gasteiger partial charge in [0.05, 0.1) is 6.10 Å². The molecule has 3 N–H and O–H groups in total. The average Bonchev–Trinajstić information content (AvgIpc) is 2.51. The summed E-state index contributed by atoms with van der Waals surface area (Å²) < 4.78 is 37.0. The van der Waals surface area contributed by atoms with Gasteiger partial charge in [0.1, 0.15) is 0 Å². The van der Waals surface area contributed by atoms with Crippen molar-refractivity contribution in [1.82, 2.24) is 5.32 Å². The van der Waals surface area contributed by atoms with Crippen LogP contribution in [0.15, 0.2) is 24.3 Å². The third kappa shape index (κ3) is 7.45. The number of anilines is 1. The van der Waals surface area contributed by atoms with Crippen LogP contribution in [-0.4, -0.2) is 35.7 Å². The Kier molecular flexibility index (Phi) is 7.70. The van der Waals surface area contributed by atoms with Crippen LogP contribution < -0.4 is 10.6 Å². The molecule has 24 heavy (non-hydrogen) atoms. The minimum absolute atomic E-state index is 0.0597. The fourth-order valence-electron chi connectivity index (χ4n) is 2.04. The Labute approximate surface area is 138 Å². The number of aryl methyl sites for hydroxylation is 1. The van der Waals surface area contributed by atoms with Crippen molar-refractivity contribution in [3.63, 3.8) is 0 Å². The van der Waals surface area contributed by atoms with E-state index in [4.69, 9.17) is 0 Å². The molecule has 0 aliphatic rings. The van der Waals surface area contributed by atoms with Crippen molar-refractivity contribution < 1.29 is 27.9 Å². The van der Waals surface area contributed by atoms with E-state index in [9.17, 15) is 27.9 Å². The average molecular weight is 346 g/mol. The van der Waals surface area contributed by atoms with E-state index in [2.05, 4.69) is 10.6 Å². The third-order valence-corrected chi connectivity index (χ3v) is 3.27. The van der Waals surface area contributed by atoms with Crippen LogP contribution in [0.3, 0.4) is 0 Å². The summed E-state index contributed by atoms with van der Waals surface area (Å²) in [5, 5.41) is 14.1. The Hall–Kier alpha value is -2.09. The summed E-state index contributed by atoms with van der Waals surface area (Å²) in [6.07, 6.45) is -5.14. The standard InChI is InChI=1S/C16H21F3N2O3/c1-2-5-12(22)10-20-14(23)15(24)21-13-7-4-3-6-11(13)8-9-16(17,18)19/h3-4,6-7,12,22H,2,5,8-10H2,1H3,(H,20,23)(H,21,24). The summed E-state index contributed by atoms with van der Waals surface area (Å²) in [4.78, 5) is 23.5. The minimum atomic E-state index is -4.30. The quantitative estimate of drug-likeness (QED) is 0.664. The number of hydrogen-bond acceptors (Lipinski definition) is 3. The number of rotatable bonds is 7. The Bertz CT molecular complexity index is 562. The van der Waals surface area contributed by atoms with E-state index in [0.29, 0.717) is 12.0 Å². The molecule has 0 spiro atoms. The number of alkyl halides is 3. The van der Waals surface area contributed by atoms with Crippen molar-refractivity contribution in [3.8, 4) is 0 Å². The lowest BCUT2D eigenvalue weighted by molar-refractivity contribution is -0.136. The highest BCUT2D eigenvalue weighted by Gasteiger charge is 2.27. The maximum absolute atomic E-state index is 12.3. The number of hydrogen-bond donors (Lipinski definition) is 3. The molecule has 1 aromatic rings. The Balaban J connectivity index is 2.61.